The molecule has 0 bridgehead atoms. The highest BCUT2D eigenvalue weighted by Gasteiger charge is 2.21. The second kappa shape index (κ2) is 5.68. The fourth-order valence-electron chi connectivity index (χ4n) is 1.74. The molecule has 1 aliphatic rings. The van der Waals surface area contributed by atoms with Crippen LogP contribution in [-0.4, -0.2) is 23.3 Å². The van der Waals surface area contributed by atoms with Crippen molar-refractivity contribution >= 4 is 23.3 Å². The monoisotopic (exact) mass is 294 g/mol. The maximum atomic E-state index is 6.10. The second-order valence-corrected chi connectivity index (χ2v) is 5.03. The van der Waals surface area contributed by atoms with Gasteiger partial charge >= 0.3 is 6.01 Å². The summed E-state index contributed by atoms with van der Waals surface area (Å²) in [6.07, 6.45) is 2.44. The Morgan fingerprint density at radius 3 is 3.00 bits per heavy atom. The topological polar surface area (TPSA) is 72.2 Å². The molecule has 2 N–H and O–H groups in total. The Kier molecular flexibility index (Phi) is 3.75. The molecule has 6 nitrogen and oxygen atoms in total. The van der Waals surface area contributed by atoms with E-state index in [0.717, 1.165) is 0 Å². The number of halogens is 1. The molecule has 0 saturated heterocycles. The van der Waals surface area contributed by atoms with Gasteiger partial charge in [-0.1, -0.05) is 16.7 Å². The molecule has 1 aromatic carbocycles. The Morgan fingerprint density at radius 1 is 1.40 bits per heavy atom. The molecule has 0 atom stereocenters. The van der Waals surface area contributed by atoms with Crippen LogP contribution in [-0.2, 0) is 6.54 Å². The first-order chi connectivity index (χ1) is 9.74. The molecule has 0 unspecified atom stereocenters. The number of hydrogen-bond acceptors (Lipinski definition) is 6. The van der Waals surface area contributed by atoms with Gasteiger partial charge in [-0.3, -0.25) is 0 Å². The van der Waals surface area contributed by atoms with Gasteiger partial charge < -0.3 is 19.8 Å². The summed E-state index contributed by atoms with van der Waals surface area (Å²) in [4.78, 5) is 0. The summed E-state index contributed by atoms with van der Waals surface area (Å²) < 4.78 is 10.6. The Balaban J connectivity index is 1.67. The number of benzene rings is 1. The van der Waals surface area contributed by atoms with Crippen LogP contribution in [0.1, 0.15) is 18.7 Å². The average molecular weight is 295 g/mol. The van der Waals surface area contributed by atoms with E-state index in [9.17, 15) is 0 Å². The predicted octanol–water partition coefficient (Wildman–Crippen LogP) is 2.73. The Bertz CT molecular complexity index is 598. The second-order valence-electron chi connectivity index (χ2n) is 4.63. The normalized spacial score (nSPS) is 14.3. The van der Waals surface area contributed by atoms with Gasteiger partial charge in [-0.25, -0.2) is 0 Å². The molecule has 106 valence electrons. The standard InChI is InChI=1S/C13H15ClN4O2/c1-19-9-4-5-10(14)11(6-9)16-13-18-17-12(20-13)7-15-8-2-3-8/h4-6,8,15H,2-3,7H2,1H3,(H,16,18). The van der Waals surface area contributed by atoms with E-state index in [2.05, 4.69) is 20.8 Å². The number of ether oxygens (including phenoxy) is 1. The van der Waals surface area contributed by atoms with Crippen LogP contribution < -0.4 is 15.4 Å². The smallest absolute Gasteiger partial charge is 0.320 e. The molecule has 7 heteroatoms. The maximum absolute atomic E-state index is 6.10. The summed E-state index contributed by atoms with van der Waals surface area (Å²) in [5, 5.41) is 14.8. The lowest BCUT2D eigenvalue weighted by Gasteiger charge is -2.06. The number of methoxy groups -OCH3 is 1. The zero-order valence-electron chi connectivity index (χ0n) is 11.0. The van der Waals surface area contributed by atoms with Crippen molar-refractivity contribution in [2.75, 3.05) is 12.4 Å². The van der Waals surface area contributed by atoms with Crippen LogP contribution >= 0.6 is 11.6 Å². The van der Waals surface area contributed by atoms with E-state index < -0.39 is 0 Å². The molecule has 3 rings (SSSR count). The summed E-state index contributed by atoms with van der Waals surface area (Å²) in [6, 6.07) is 6.22. The Morgan fingerprint density at radius 2 is 2.25 bits per heavy atom. The van der Waals surface area contributed by atoms with Crippen molar-refractivity contribution in [3.05, 3.63) is 29.1 Å². The van der Waals surface area contributed by atoms with Crippen LogP contribution in [0.5, 0.6) is 5.75 Å². The van der Waals surface area contributed by atoms with Gasteiger partial charge in [0.05, 0.1) is 24.4 Å². The van der Waals surface area contributed by atoms with E-state index >= 15 is 0 Å². The van der Waals surface area contributed by atoms with Crippen molar-refractivity contribution in [2.24, 2.45) is 0 Å². The molecule has 1 saturated carbocycles. The summed E-state index contributed by atoms with van der Waals surface area (Å²) in [6.45, 7) is 0.588. The molecule has 1 aromatic heterocycles. The van der Waals surface area contributed by atoms with Crippen LogP contribution in [0.25, 0.3) is 0 Å². The summed E-state index contributed by atoms with van der Waals surface area (Å²) in [5.41, 5.74) is 0.663. The number of hydrogen-bond donors (Lipinski definition) is 2. The first-order valence-electron chi connectivity index (χ1n) is 6.41. The zero-order chi connectivity index (χ0) is 13.9. The molecule has 2 aromatic rings. The quantitative estimate of drug-likeness (QED) is 0.853. The van der Waals surface area contributed by atoms with Crippen LogP contribution in [0, 0.1) is 0 Å². The number of nitrogens with zero attached hydrogens (tertiary/aromatic N) is 2. The fraction of sp³-hybridized carbons (Fsp3) is 0.385. The SMILES string of the molecule is COc1ccc(Cl)c(Nc2nnc(CNC3CC3)o2)c1. The van der Waals surface area contributed by atoms with Gasteiger partial charge in [-0.15, -0.1) is 5.10 Å². The minimum absolute atomic E-state index is 0.313. The highest BCUT2D eigenvalue weighted by molar-refractivity contribution is 6.33. The third kappa shape index (κ3) is 3.20. The van der Waals surface area contributed by atoms with Gasteiger partial charge in [-0.2, -0.15) is 0 Å². The lowest BCUT2D eigenvalue weighted by Crippen LogP contribution is -2.15. The van der Waals surface area contributed by atoms with E-state index in [1.165, 1.54) is 12.8 Å². The summed E-state index contributed by atoms with van der Waals surface area (Å²) in [5.74, 6) is 1.26. The van der Waals surface area contributed by atoms with Crippen molar-refractivity contribution in [1.29, 1.82) is 0 Å². The minimum Gasteiger partial charge on any atom is -0.497 e. The number of nitrogens with one attached hydrogen (secondary N) is 2. The van der Waals surface area contributed by atoms with Crippen molar-refractivity contribution in [2.45, 2.75) is 25.4 Å². The Labute approximate surface area is 121 Å². The van der Waals surface area contributed by atoms with Gasteiger partial charge in [0, 0.05) is 12.1 Å². The first-order valence-corrected chi connectivity index (χ1v) is 6.79. The van der Waals surface area contributed by atoms with Crippen LogP contribution in [0.2, 0.25) is 5.02 Å². The maximum Gasteiger partial charge on any atom is 0.320 e. The van der Waals surface area contributed by atoms with E-state index in [4.69, 9.17) is 20.8 Å². The fourth-order valence-corrected chi connectivity index (χ4v) is 1.90. The van der Waals surface area contributed by atoms with Crippen LogP contribution in [0.3, 0.4) is 0 Å². The molecule has 1 aliphatic carbocycles. The van der Waals surface area contributed by atoms with Crippen LogP contribution in [0.4, 0.5) is 11.7 Å². The summed E-state index contributed by atoms with van der Waals surface area (Å²) >= 11 is 6.10. The average Bonchev–Trinajstić information content (AvgIpc) is 3.19. The molecule has 0 spiro atoms. The molecule has 0 aliphatic heterocycles. The van der Waals surface area contributed by atoms with Gasteiger partial charge in [-0.05, 0) is 25.0 Å². The Hall–Kier alpha value is -1.79. The number of rotatable bonds is 6. The van der Waals surface area contributed by atoms with Crippen molar-refractivity contribution in [1.82, 2.24) is 15.5 Å². The molecule has 0 amide bonds. The first kappa shape index (κ1) is 13.2. The zero-order valence-corrected chi connectivity index (χ0v) is 11.8. The van der Waals surface area contributed by atoms with Gasteiger partial charge in [0.1, 0.15) is 5.75 Å². The van der Waals surface area contributed by atoms with Crippen molar-refractivity contribution in [3.8, 4) is 5.75 Å². The third-order valence-electron chi connectivity index (χ3n) is 3.00. The lowest BCUT2D eigenvalue weighted by atomic mass is 10.3. The highest BCUT2D eigenvalue weighted by atomic mass is 35.5. The minimum atomic E-state index is 0.313. The lowest BCUT2D eigenvalue weighted by molar-refractivity contribution is 0.415. The van der Waals surface area contributed by atoms with E-state index in [1.807, 2.05) is 0 Å². The molecule has 0 radical (unpaired) electrons. The van der Waals surface area contributed by atoms with Crippen LogP contribution in [0.15, 0.2) is 22.6 Å². The van der Waals surface area contributed by atoms with Crippen molar-refractivity contribution < 1.29 is 9.15 Å². The van der Waals surface area contributed by atoms with Gasteiger partial charge in [0.15, 0.2) is 0 Å². The molecule has 1 heterocycles. The molecule has 1 fully saturated rings. The molecule has 20 heavy (non-hydrogen) atoms. The van der Waals surface area contributed by atoms with Gasteiger partial charge in [0.2, 0.25) is 5.89 Å². The van der Waals surface area contributed by atoms with Gasteiger partial charge in [0.25, 0.3) is 0 Å². The largest absolute Gasteiger partial charge is 0.497 e. The van der Waals surface area contributed by atoms with E-state index in [0.29, 0.717) is 41.0 Å². The molecular weight excluding hydrogens is 280 g/mol. The number of anilines is 2. The predicted molar refractivity (Wildman–Crippen MR) is 75.4 cm³/mol. The third-order valence-corrected chi connectivity index (χ3v) is 3.33. The summed E-state index contributed by atoms with van der Waals surface area (Å²) in [7, 11) is 1.60. The van der Waals surface area contributed by atoms with Crippen molar-refractivity contribution in [3.63, 3.8) is 0 Å². The van der Waals surface area contributed by atoms with E-state index in [-0.39, 0.29) is 0 Å². The molecular formula is C13H15ClN4O2. The number of aromatic nitrogens is 2. The van der Waals surface area contributed by atoms with E-state index in [1.54, 1.807) is 25.3 Å². The highest BCUT2D eigenvalue weighted by Crippen LogP contribution is 2.29.